The second-order valence-corrected chi connectivity index (χ2v) is 10.9. The molecule has 0 aliphatic carbocycles. The predicted octanol–water partition coefficient (Wildman–Crippen LogP) is 9.57. The lowest BCUT2D eigenvalue weighted by molar-refractivity contribution is -0.660. The van der Waals surface area contributed by atoms with E-state index < -0.39 is 0 Å². The van der Waals surface area contributed by atoms with E-state index in [-0.39, 0.29) is 0 Å². The molecule has 0 N–H and O–H groups in total. The van der Waals surface area contributed by atoms with Crippen LogP contribution in [0.2, 0.25) is 0 Å². The highest BCUT2D eigenvalue weighted by molar-refractivity contribution is 6.14. The van der Waals surface area contributed by atoms with Crippen LogP contribution in [0, 0.1) is 25.2 Å². The third kappa shape index (κ3) is 4.26. The Balaban J connectivity index is 1.32. The van der Waals surface area contributed by atoms with E-state index in [2.05, 4.69) is 115 Å². The Hall–Kier alpha value is -5.46. The van der Waals surface area contributed by atoms with Gasteiger partial charge in [0.15, 0.2) is 6.20 Å². The van der Waals surface area contributed by atoms with Crippen molar-refractivity contribution in [3.8, 4) is 50.7 Å². The van der Waals surface area contributed by atoms with Crippen molar-refractivity contribution in [3.05, 3.63) is 138 Å². The first kappa shape index (κ1) is 25.5. The van der Waals surface area contributed by atoms with E-state index in [0.29, 0.717) is 5.56 Å². The molecule has 0 spiro atoms. The highest BCUT2D eigenvalue weighted by Crippen LogP contribution is 2.42. The Bertz CT molecular complexity index is 2140. The molecule has 0 aliphatic rings. The lowest BCUT2D eigenvalue weighted by Crippen LogP contribution is -2.30. The summed E-state index contributed by atoms with van der Waals surface area (Å²) in [5.74, 6) is 0. The van der Waals surface area contributed by atoms with Gasteiger partial charge in [-0.15, -0.1) is 0 Å². The molecule has 0 saturated carbocycles. The van der Waals surface area contributed by atoms with Crippen LogP contribution in [0.4, 0.5) is 0 Å². The third-order valence-corrected chi connectivity index (χ3v) is 8.23. The van der Waals surface area contributed by atoms with Crippen LogP contribution in [-0.2, 0) is 7.05 Å². The van der Waals surface area contributed by atoms with Crippen LogP contribution in [-0.4, -0.2) is 0 Å². The highest BCUT2D eigenvalue weighted by Gasteiger charge is 2.22. The molecular weight excluding hydrogens is 512 g/mol. The quantitative estimate of drug-likeness (QED) is 0.208. The number of hydrogen-bond donors (Lipinski definition) is 0. The normalized spacial score (nSPS) is 11.2. The lowest BCUT2D eigenvalue weighted by atomic mass is 9.94. The van der Waals surface area contributed by atoms with Crippen molar-refractivity contribution in [3.63, 3.8) is 0 Å². The maximum absolute atomic E-state index is 10.1. The van der Waals surface area contributed by atoms with Gasteiger partial charge in [0, 0.05) is 28.5 Å². The van der Waals surface area contributed by atoms with E-state index in [1.54, 1.807) is 0 Å². The molecular formula is C39H29N2O+. The number of furan rings is 1. The monoisotopic (exact) mass is 541 g/mol. The maximum atomic E-state index is 10.1. The summed E-state index contributed by atoms with van der Waals surface area (Å²) in [5, 5.41) is 12.2. The van der Waals surface area contributed by atoms with Gasteiger partial charge >= 0.3 is 0 Å². The van der Waals surface area contributed by atoms with E-state index >= 15 is 0 Å². The summed E-state index contributed by atoms with van der Waals surface area (Å²) in [6.07, 6.45) is 2.05. The molecule has 2 aromatic heterocycles. The van der Waals surface area contributed by atoms with Crippen LogP contribution in [0.25, 0.3) is 66.6 Å². The minimum Gasteiger partial charge on any atom is -0.454 e. The summed E-state index contributed by atoms with van der Waals surface area (Å²) in [5.41, 5.74) is 13.2. The number of aromatic nitrogens is 1. The molecule has 0 radical (unpaired) electrons. The number of benzene rings is 5. The van der Waals surface area contributed by atoms with Crippen molar-refractivity contribution in [1.29, 1.82) is 5.26 Å². The van der Waals surface area contributed by atoms with Gasteiger partial charge in [0.25, 0.3) is 0 Å². The van der Waals surface area contributed by atoms with Gasteiger partial charge in [-0.25, -0.2) is 4.57 Å². The van der Waals surface area contributed by atoms with E-state index in [1.165, 1.54) is 16.7 Å². The Labute approximate surface area is 245 Å². The summed E-state index contributed by atoms with van der Waals surface area (Å²) in [7, 11) is 2.05. The van der Waals surface area contributed by atoms with Gasteiger partial charge in [0.05, 0.1) is 17.2 Å². The van der Waals surface area contributed by atoms with Crippen LogP contribution in [0.5, 0.6) is 0 Å². The molecule has 0 aliphatic heterocycles. The fourth-order valence-electron chi connectivity index (χ4n) is 5.91. The zero-order valence-corrected chi connectivity index (χ0v) is 23.8. The number of pyridine rings is 1. The minimum absolute atomic E-state index is 0.597. The number of aryl methyl sites for hydroxylation is 3. The summed E-state index contributed by atoms with van der Waals surface area (Å²) in [6.45, 7) is 4.22. The SMILES string of the molecule is Cc1ccc(-c2ccc(-c3ccc(-c4c(C#N)ccc5c4oc4c(-c6cccc[n+]6C)c(C)ccc45)cc3)cc2)cc1. The fraction of sp³-hybridized carbons (Fsp3) is 0.0769. The number of nitrogens with zero attached hydrogens (tertiary/aromatic N) is 2. The number of rotatable bonds is 4. The van der Waals surface area contributed by atoms with Gasteiger partial charge in [-0.3, -0.25) is 0 Å². The molecule has 0 amide bonds. The minimum atomic E-state index is 0.597. The molecule has 0 bridgehead atoms. The lowest BCUT2D eigenvalue weighted by Gasteiger charge is -2.09. The first-order valence-electron chi connectivity index (χ1n) is 14.1. The molecule has 3 nitrogen and oxygen atoms in total. The Morgan fingerprint density at radius 3 is 1.67 bits per heavy atom. The van der Waals surface area contributed by atoms with Crippen molar-refractivity contribution in [2.45, 2.75) is 13.8 Å². The fourth-order valence-corrected chi connectivity index (χ4v) is 5.91. The second kappa shape index (κ2) is 10.2. The zero-order chi connectivity index (χ0) is 28.8. The average Bonchev–Trinajstić information content (AvgIpc) is 3.40. The van der Waals surface area contributed by atoms with Gasteiger partial charge in [-0.2, -0.15) is 5.26 Å². The molecule has 5 aromatic carbocycles. The zero-order valence-electron chi connectivity index (χ0n) is 23.8. The van der Waals surface area contributed by atoms with E-state index in [9.17, 15) is 5.26 Å². The summed E-state index contributed by atoms with van der Waals surface area (Å²) >= 11 is 0. The molecule has 7 rings (SSSR count). The summed E-state index contributed by atoms with van der Waals surface area (Å²) < 4.78 is 8.83. The first-order valence-corrected chi connectivity index (χ1v) is 14.1. The molecule has 2 heterocycles. The highest BCUT2D eigenvalue weighted by atomic mass is 16.3. The van der Waals surface area contributed by atoms with Crippen LogP contribution < -0.4 is 4.57 Å². The molecule has 200 valence electrons. The van der Waals surface area contributed by atoms with E-state index in [4.69, 9.17) is 4.42 Å². The van der Waals surface area contributed by atoms with Crippen LogP contribution in [0.15, 0.2) is 126 Å². The number of hydrogen-bond acceptors (Lipinski definition) is 2. The maximum Gasteiger partial charge on any atom is 0.216 e. The molecule has 0 unspecified atom stereocenters. The Morgan fingerprint density at radius 2 is 1.10 bits per heavy atom. The number of fused-ring (bicyclic) bond motifs is 3. The molecule has 0 fully saturated rings. The molecule has 0 saturated heterocycles. The predicted molar refractivity (Wildman–Crippen MR) is 171 cm³/mol. The molecule has 0 atom stereocenters. The van der Waals surface area contributed by atoms with Crippen LogP contribution in [0.1, 0.15) is 16.7 Å². The summed E-state index contributed by atoms with van der Waals surface area (Å²) in [4.78, 5) is 0. The number of nitriles is 1. The van der Waals surface area contributed by atoms with E-state index in [1.807, 2.05) is 37.5 Å². The molecule has 3 heteroatoms. The molecule has 7 aromatic rings. The average molecular weight is 542 g/mol. The van der Waals surface area contributed by atoms with Crippen molar-refractivity contribution < 1.29 is 8.98 Å². The summed E-state index contributed by atoms with van der Waals surface area (Å²) in [6, 6.07) is 42.5. The van der Waals surface area contributed by atoms with Gasteiger partial charge in [-0.1, -0.05) is 90.5 Å². The topological polar surface area (TPSA) is 40.8 Å². The third-order valence-electron chi connectivity index (χ3n) is 8.23. The van der Waals surface area contributed by atoms with Crippen molar-refractivity contribution in [1.82, 2.24) is 0 Å². The Morgan fingerprint density at radius 1 is 0.571 bits per heavy atom. The Kier molecular flexibility index (Phi) is 6.18. The smallest absolute Gasteiger partial charge is 0.216 e. The van der Waals surface area contributed by atoms with E-state index in [0.717, 1.165) is 61.0 Å². The second-order valence-electron chi connectivity index (χ2n) is 10.9. The van der Waals surface area contributed by atoms with Crippen molar-refractivity contribution in [2.75, 3.05) is 0 Å². The first-order chi connectivity index (χ1) is 20.5. The van der Waals surface area contributed by atoms with Gasteiger partial charge < -0.3 is 4.42 Å². The van der Waals surface area contributed by atoms with Gasteiger partial charge in [0.2, 0.25) is 5.69 Å². The van der Waals surface area contributed by atoms with Gasteiger partial charge in [0.1, 0.15) is 18.2 Å². The van der Waals surface area contributed by atoms with Crippen molar-refractivity contribution in [2.24, 2.45) is 7.05 Å². The van der Waals surface area contributed by atoms with Crippen molar-refractivity contribution >= 4 is 21.9 Å². The molecule has 42 heavy (non-hydrogen) atoms. The van der Waals surface area contributed by atoms with Crippen LogP contribution in [0.3, 0.4) is 0 Å². The van der Waals surface area contributed by atoms with Gasteiger partial charge in [-0.05, 0) is 65.4 Å². The standard InChI is InChI=1S/C39H29N2O/c1-25-7-10-27(11-8-25)28-12-14-29(15-13-28)30-16-18-31(19-17-30)37-32(24-40)20-22-34-33-21-9-26(2)36(38(33)42-39(34)37)35-6-4-5-23-41(35)3/h4-23H,1-3H3/q+1. The van der Waals surface area contributed by atoms with Crippen LogP contribution >= 0.6 is 0 Å². The largest absolute Gasteiger partial charge is 0.454 e.